The first-order valence-electron chi connectivity index (χ1n) is 6.52. The summed E-state index contributed by atoms with van der Waals surface area (Å²) in [6.07, 6.45) is 2.12. The molecule has 1 aliphatic rings. The second-order valence-electron chi connectivity index (χ2n) is 4.99. The van der Waals surface area contributed by atoms with Crippen LogP contribution in [0.5, 0.6) is 0 Å². The molecule has 0 radical (unpaired) electrons. The number of aromatic nitrogens is 1. The molecule has 0 spiro atoms. The number of morpholine rings is 1. The van der Waals surface area contributed by atoms with Gasteiger partial charge in [0.1, 0.15) is 0 Å². The first-order chi connectivity index (χ1) is 8.70. The smallest absolute Gasteiger partial charge is 0.0983 e. The van der Waals surface area contributed by atoms with E-state index in [9.17, 15) is 0 Å². The Bertz CT molecular complexity index is 363. The molecular formula is C14H22N2O2. The maximum atomic E-state index is 5.64. The van der Waals surface area contributed by atoms with Gasteiger partial charge in [-0.25, -0.2) is 0 Å². The Morgan fingerprint density at radius 3 is 2.94 bits per heavy atom. The summed E-state index contributed by atoms with van der Waals surface area (Å²) < 4.78 is 10.8. The van der Waals surface area contributed by atoms with E-state index in [1.165, 1.54) is 5.69 Å². The van der Waals surface area contributed by atoms with Gasteiger partial charge in [0.05, 0.1) is 31.2 Å². The van der Waals surface area contributed by atoms with Gasteiger partial charge in [0.15, 0.2) is 0 Å². The molecule has 100 valence electrons. The van der Waals surface area contributed by atoms with Crippen LogP contribution in [0.15, 0.2) is 18.3 Å². The molecule has 2 rings (SSSR count). The van der Waals surface area contributed by atoms with Crippen LogP contribution in [0, 0.1) is 0 Å². The zero-order valence-electron chi connectivity index (χ0n) is 11.4. The van der Waals surface area contributed by atoms with Crippen molar-refractivity contribution in [2.45, 2.75) is 25.9 Å². The summed E-state index contributed by atoms with van der Waals surface area (Å²) >= 11 is 0. The second kappa shape index (κ2) is 6.16. The van der Waals surface area contributed by atoms with Crippen LogP contribution < -0.4 is 4.90 Å². The summed E-state index contributed by atoms with van der Waals surface area (Å²) in [7, 11) is 1.71. The van der Waals surface area contributed by atoms with E-state index in [1.807, 2.05) is 6.20 Å². The van der Waals surface area contributed by atoms with E-state index in [-0.39, 0.29) is 6.10 Å². The summed E-state index contributed by atoms with van der Waals surface area (Å²) in [6.45, 7) is 7.50. The molecule has 0 saturated carbocycles. The van der Waals surface area contributed by atoms with Gasteiger partial charge in [0.25, 0.3) is 0 Å². The van der Waals surface area contributed by atoms with Crippen molar-refractivity contribution < 1.29 is 9.47 Å². The Hall–Kier alpha value is -1.13. The van der Waals surface area contributed by atoms with Gasteiger partial charge in [-0.2, -0.15) is 0 Å². The highest BCUT2D eigenvalue weighted by Crippen LogP contribution is 2.19. The monoisotopic (exact) mass is 250 g/mol. The van der Waals surface area contributed by atoms with Crippen LogP contribution in [0.2, 0.25) is 0 Å². The first-order valence-corrected chi connectivity index (χ1v) is 6.52. The van der Waals surface area contributed by atoms with Crippen LogP contribution in [0.1, 0.15) is 25.5 Å². The Morgan fingerprint density at radius 2 is 2.33 bits per heavy atom. The lowest BCUT2D eigenvalue weighted by atomic mass is 10.1. The lowest BCUT2D eigenvalue weighted by Gasteiger charge is -2.34. The molecule has 0 unspecified atom stereocenters. The number of nitrogens with zero attached hydrogens (tertiary/aromatic N) is 2. The fourth-order valence-corrected chi connectivity index (χ4v) is 2.17. The molecule has 2 heterocycles. The van der Waals surface area contributed by atoms with Crippen molar-refractivity contribution in [1.29, 1.82) is 0 Å². The zero-order chi connectivity index (χ0) is 13.0. The third-order valence-electron chi connectivity index (χ3n) is 3.22. The van der Waals surface area contributed by atoms with Gasteiger partial charge in [-0.1, -0.05) is 13.8 Å². The van der Waals surface area contributed by atoms with Crippen molar-refractivity contribution in [1.82, 2.24) is 4.98 Å². The number of anilines is 1. The Labute approximate surface area is 109 Å². The molecule has 0 amide bonds. The molecule has 0 bridgehead atoms. The lowest BCUT2D eigenvalue weighted by molar-refractivity contribution is -0.0100. The second-order valence-corrected chi connectivity index (χ2v) is 4.99. The molecule has 0 aliphatic carbocycles. The van der Waals surface area contributed by atoms with Gasteiger partial charge in [0.2, 0.25) is 0 Å². The van der Waals surface area contributed by atoms with Crippen LogP contribution in [0.4, 0.5) is 5.69 Å². The molecule has 4 nitrogen and oxygen atoms in total. The third kappa shape index (κ3) is 3.21. The molecule has 1 aromatic heterocycles. The summed E-state index contributed by atoms with van der Waals surface area (Å²) in [5.74, 6) is 0.477. The van der Waals surface area contributed by atoms with E-state index in [0.717, 1.165) is 25.4 Å². The largest absolute Gasteiger partial charge is 0.382 e. The average Bonchev–Trinajstić information content (AvgIpc) is 2.39. The van der Waals surface area contributed by atoms with E-state index < -0.39 is 0 Å². The number of methoxy groups -OCH3 is 1. The highest BCUT2D eigenvalue weighted by Gasteiger charge is 2.20. The van der Waals surface area contributed by atoms with E-state index >= 15 is 0 Å². The van der Waals surface area contributed by atoms with Gasteiger partial charge in [-0.05, 0) is 18.1 Å². The topological polar surface area (TPSA) is 34.6 Å². The highest BCUT2D eigenvalue weighted by molar-refractivity contribution is 5.45. The van der Waals surface area contributed by atoms with Gasteiger partial charge in [-0.3, -0.25) is 4.98 Å². The minimum absolute atomic E-state index is 0.161. The maximum Gasteiger partial charge on any atom is 0.0983 e. The average molecular weight is 250 g/mol. The van der Waals surface area contributed by atoms with E-state index in [2.05, 4.69) is 35.9 Å². The molecule has 4 heteroatoms. The van der Waals surface area contributed by atoms with Crippen molar-refractivity contribution in [2.75, 3.05) is 38.3 Å². The molecule has 0 N–H and O–H groups in total. The standard InChI is InChI=1S/C14H22N2O2/c1-11(2)14-5-4-12(8-15-14)16-6-7-18-13(9-16)10-17-3/h4-5,8,11,13H,6-7,9-10H2,1-3H3/t13-/m1/s1. The summed E-state index contributed by atoms with van der Waals surface area (Å²) in [6, 6.07) is 4.26. The number of rotatable bonds is 4. The Balaban J connectivity index is 2.02. The predicted octanol–water partition coefficient (Wildman–Crippen LogP) is 2.06. The molecule has 0 aromatic carbocycles. The molecule has 1 saturated heterocycles. The molecule has 1 fully saturated rings. The van der Waals surface area contributed by atoms with Crippen molar-refractivity contribution in [3.8, 4) is 0 Å². The van der Waals surface area contributed by atoms with Crippen LogP contribution in [-0.2, 0) is 9.47 Å². The van der Waals surface area contributed by atoms with Crippen molar-refractivity contribution in [3.63, 3.8) is 0 Å². The lowest BCUT2D eigenvalue weighted by Crippen LogP contribution is -2.44. The molecular weight excluding hydrogens is 228 g/mol. The number of hydrogen-bond acceptors (Lipinski definition) is 4. The number of ether oxygens (including phenoxy) is 2. The Morgan fingerprint density at radius 1 is 1.50 bits per heavy atom. The zero-order valence-corrected chi connectivity index (χ0v) is 11.4. The Kier molecular flexibility index (Phi) is 4.55. The molecule has 1 aromatic rings. The molecule has 18 heavy (non-hydrogen) atoms. The van der Waals surface area contributed by atoms with Crippen LogP contribution in [-0.4, -0.2) is 44.5 Å². The minimum atomic E-state index is 0.161. The predicted molar refractivity (Wildman–Crippen MR) is 72.2 cm³/mol. The third-order valence-corrected chi connectivity index (χ3v) is 3.22. The number of hydrogen-bond donors (Lipinski definition) is 0. The van der Waals surface area contributed by atoms with Crippen molar-refractivity contribution >= 4 is 5.69 Å². The van der Waals surface area contributed by atoms with Gasteiger partial charge in [-0.15, -0.1) is 0 Å². The van der Waals surface area contributed by atoms with Gasteiger partial charge < -0.3 is 14.4 Å². The quantitative estimate of drug-likeness (QED) is 0.819. The molecule has 1 atom stereocenters. The van der Waals surface area contributed by atoms with Crippen LogP contribution >= 0.6 is 0 Å². The number of pyridine rings is 1. The van der Waals surface area contributed by atoms with E-state index in [1.54, 1.807) is 7.11 Å². The van der Waals surface area contributed by atoms with Crippen LogP contribution in [0.25, 0.3) is 0 Å². The van der Waals surface area contributed by atoms with E-state index in [0.29, 0.717) is 12.5 Å². The maximum absolute atomic E-state index is 5.64. The fraction of sp³-hybridized carbons (Fsp3) is 0.643. The normalized spacial score (nSPS) is 20.4. The SMILES string of the molecule is COC[C@H]1CN(c2ccc(C(C)C)nc2)CCO1. The van der Waals surface area contributed by atoms with Gasteiger partial charge in [0, 0.05) is 25.9 Å². The van der Waals surface area contributed by atoms with Crippen LogP contribution in [0.3, 0.4) is 0 Å². The summed E-state index contributed by atoms with van der Waals surface area (Å²) in [4.78, 5) is 6.82. The highest BCUT2D eigenvalue weighted by atomic mass is 16.5. The fourth-order valence-electron chi connectivity index (χ4n) is 2.17. The summed E-state index contributed by atoms with van der Waals surface area (Å²) in [5, 5.41) is 0. The van der Waals surface area contributed by atoms with Crippen molar-refractivity contribution in [3.05, 3.63) is 24.0 Å². The minimum Gasteiger partial charge on any atom is -0.382 e. The molecule has 1 aliphatic heterocycles. The summed E-state index contributed by atoms with van der Waals surface area (Å²) in [5.41, 5.74) is 2.31. The van der Waals surface area contributed by atoms with E-state index in [4.69, 9.17) is 9.47 Å². The first kappa shape index (κ1) is 13.3. The van der Waals surface area contributed by atoms with Crippen molar-refractivity contribution in [2.24, 2.45) is 0 Å². The van der Waals surface area contributed by atoms with Gasteiger partial charge >= 0.3 is 0 Å².